The third kappa shape index (κ3) is 3.69. The van der Waals surface area contributed by atoms with Crippen molar-refractivity contribution in [2.75, 3.05) is 0 Å². The van der Waals surface area contributed by atoms with Crippen molar-refractivity contribution in [2.24, 2.45) is 23.0 Å². The van der Waals surface area contributed by atoms with Crippen LogP contribution < -0.4 is 15.8 Å². The van der Waals surface area contributed by atoms with Gasteiger partial charge in [-0.15, -0.1) is 0 Å². The lowest BCUT2D eigenvalue weighted by Crippen LogP contribution is -2.69. The summed E-state index contributed by atoms with van der Waals surface area (Å²) in [6.45, 7) is 0. The maximum atomic E-state index is 13.8. The minimum atomic E-state index is -4.34. The highest BCUT2D eigenvalue weighted by Crippen LogP contribution is 2.61. The first-order valence-electron chi connectivity index (χ1n) is 11.9. The summed E-state index contributed by atoms with van der Waals surface area (Å²) in [5, 5.41) is 14.6. The maximum Gasteiger partial charge on any atom is 0.289 e. The van der Waals surface area contributed by atoms with Gasteiger partial charge in [-0.3, -0.25) is 19.7 Å². The quantitative estimate of drug-likeness (QED) is 0.392. The molecule has 1 aromatic carbocycles. The molecule has 34 heavy (non-hydrogen) atoms. The molecular formula is C23H30N4O6S. The smallest absolute Gasteiger partial charge is 0.289 e. The zero-order valence-corrected chi connectivity index (χ0v) is 19.7. The number of nitrogens with zero attached hydrogens (tertiary/aromatic N) is 1. The van der Waals surface area contributed by atoms with Crippen molar-refractivity contribution >= 4 is 27.5 Å². The van der Waals surface area contributed by atoms with E-state index in [2.05, 4.69) is 10.0 Å². The molecule has 0 radical (unpaired) electrons. The molecule has 4 N–H and O–H groups in total. The zero-order chi connectivity index (χ0) is 24.4. The van der Waals surface area contributed by atoms with Crippen molar-refractivity contribution in [3.8, 4) is 0 Å². The minimum absolute atomic E-state index is 0.308. The van der Waals surface area contributed by atoms with E-state index in [1.165, 1.54) is 18.2 Å². The number of nitrogens with two attached hydrogens (primary N) is 1. The number of sulfonamides is 1. The number of carbonyl (C=O) groups excluding carboxylic acids is 2. The molecule has 0 heterocycles. The molecule has 10 nitrogen and oxygen atoms in total. The van der Waals surface area contributed by atoms with E-state index >= 15 is 0 Å². The summed E-state index contributed by atoms with van der Waals surface area (Å²) in [5.74, 6) is -0.0869. The van der Waals surface area contributed by atoms with Crippen LogP contribution in [0, 0.1) is 27.4 Å². The fourth-order valence-electron chi connectivity index (χ4n) is 7.56. The van der Waals surface area contributed by atoms with Gasteiger partial charge in [-0.2, -0.15) is 4.72 Å². The first-order chi connectivity index (χ1) is 16.0. The van der Waals surface area contributed by atoms with Crippen LogP contribution in [-0.2, 0) is 19.6 Å². The summed E-state index contributed by atoms with van der Waals surface area (Å²) < 4.78 is 29.1. The Hall–Kier alpha value is -2.53. The van der Waals surface area contributed by atoms with Crippen LogP contribution in [-0.4, -0.2) is 36.2 Å². The minimum Gasteiger partial charge on any atom is -0.369 e. The SMILES string of the molecule is NC(=O)C12CC3CC(CC(NC(=O)C4(NS(=O)(=O)c5ccccc5[N+](=O)[O-])CCCC4)(C3)C1)C2. The third-order valence-corrected chi connectivity index (χ3v) is 10.1. The molecule has 0 spiro atoms. The van der Waals surface area contributed by atoms with Gasteiger partial charge in [0.25, 0.3) is 5.69 Å². The Balaban J connectivity index is 1.43. The third-order valence-electron chi connectivity index (χ3n) is 8.54. The molecular weight excluding hydrogens is 460 g/mol. The Morgan fingerprint density at radius 3 is 2.26 bits per heavy atom. The van der Waals surface area contributed by atoms with Crippen LogP contribution in [0.15, 0.2) is 29.2 Å². The normalized spacial score (nSPS) is 33.5. The Morgan fingerprint density at radius 2 is 1.68 bits per heavy atom. The molecule has 6 rings (SSSR count). The number of hydrogen-bond acceptors (Lipinski definition) is 6. The zero-order valence-electron chi connectivity index (χ0n) is 18.9. The molecule has 2 atom stereocenters. The van der Waals surface area contributed by atoms with Gasteiger partial charge in [-0.1, -0.05) is 25.0 Å². The average molecular weight is 491 g/mol. The molecule has 4 bridgehead atoms. The summed E-state index contributed by atoms with van der Waals surface area (Å²) in [4.78, 5) is 36.4. The van der Waals surface area contributed by atoms with Crippen molar-refractivity contribution in [1.82, 2.24) is 10.0 Å². The fourth-order valence-corrected chi connectivity index (χ4v) is 9.16. The van der Waals surface area contributed by atoms with Gasteiger partial charge in [0.15, 0.2) is 4.90 Å². The van der Waals surface area contributed by atoms with Crippen LogP contribution in [0.5, 0.6) is 0 Å². The van der Waals surface area contributed by atoms with Crippen molar-refractivity contribution in [1.29, 1.82) is 0 Å². The number of primary amides is 1. The number of rotatable bonds is 7. The first-order valence-corrected chi connectivity index (χ1v) is 13.4. The summed E-state index contributed by atoms with van der Waals surface area (Å²) in [6.07, 6.45) is 6.49. The first kappa shape index (κ1) is 23.2. The number of nitro groups is 1. The largest absolute Gasteiger partial charge is 0.369 e. The van der Waals surface area contributed by atoms with E-state index in [1.54, 1.807) is 0 Å². The Morgan fingerprint density at radius 1 is 1.06 bits per heavy atom. The van der Waals surface area contributed by atoms with E-state index in [0.29, 0.717) is 43.9 Å². The van der Waals surface area contributed by atoms with Gasteiger partial charge in [0.05, 0.1) is 10.3 Å². The maximum absolute atomic E-state index is 13.8. The van der Waals surface area contributed by atoms with Crippen molar-refractivity contribution < 1.29 is 22.9 Å². The van der Waals surface area contributed by atoms with E-state index in [0.717, 1.165) is 38.2 Å². The number of amides is 2. The van der Waals surface area contributed by atoms with Gasteiger partial charge in [-0.05, 0) is 69.3 Å². The second-order valence-electron chi connectivity index (χ2n) is 11.0. The Kier molecular flexibility index (Phi) is 5.29. The van der Waals surface area contributed by atoms with Crippen LogP contribution in [0.1, 0.15) is 64.2 Å². The lowest BCUT2D eigenvalue weighted by atomic mass is 9.46. The predicted molar refractivity (Wildman–Crippen MR) is 122 cm³/mol. The van der Waals surface area contributed by atoms with Crippen LogP contribution >= 0.6 is 0 Å². The summed E-state index contributed by atoms with van der Waals surface area (Å²) in [6, 6.07) is 5.13. The molecule has 2 amide bonds. The topological polar surface area (TPSA) is 162 Å². The highest BCUT2D eigenvalue weighted by molar-refractivity contribution is 7.89. The highest BCUT2D eigenvalue weighted by atomic mass is 32.2. The number of para-hydroxylation sites is 1. The van der Waals surface area contributed by atoms with E-state index in [4.69, 9.17) is 5.73 Å². The molecule has 0 aromatic heterocycles. The molecule has 2 unspecified atom stereocenters. The van der Waals surface area contributed by atoms with Gasteiger partial charge < -0.3 is 11.1 Å². The van der Waals surface area contributed by atoms with Gasteiger partial charge >= 0.3 is 0 Å². The Labute approximate surface area is 198 Å². The number of nitrogens with one attached hydrogen (secondary N) is 2. The molecule has 5 saturated carbocycles. The summed E-state index contributed by atoms with van der Waals surface area (Å²) in [7, 11) is -4.34. The van der Waals surface area contributed by atoms with Crippen LogP contribution in [0.2, 0.25) is 0 Å². The molecule has 5 aliphatic rings. The van der Waals surface area contributed by atoms with Crippen LogP contribution in [0.3, 0.4) is 0 Å². The van der Waals surface area contributed by atoms with E-state index in [-0.39, 0.29) is 5.91 Å². The van der Waals surface area contributed by atoms with E-state index in [9.17, 15) is 28.1 Å². The Bertz CT molecular complexity index is 1150. The van der Waals surface area contributed by atoms with E-state index < -0.39 is 47.9 Å². The average Bonchev–Trinajstić information content (AvgIpc) is 3.21. The second-order valence-corrected chi connectivity index (χ2v) is 12.6. The van der Waals surface area contributed by atoms with Crippen LogP contribution in [0.4, 0.5) is 5.69 Å². The fraction of sp³-hybridized carbons (Fsp3) is 0.652. The molecule has 0 saturated heterocycles. The number of nitro benzene ring substituents is 1. The summed E-state index contributed by atoms with van der Waals surface area (Å²) in [5.41, 5.74) is 2.72. The molecule has 1 aromatic rings. The lowest BCUT2D eigenvalue weighted by Gasteiger charge is -2.61. The van der Waals surface area contributed by atoms with Gasteiger partial charge in [-0.25, -0.2) is 8.42 Å². The van der Waals surface area contributed by atoms with E-state index in [1.807, 2.05) is 0 Å². The standard InChI is InChI=1S/C23H30N4O6S/c24-19(28)21-10-15-9-16(11-21)13-22(12-15,14-21)25-20(29)23(7-3-4-8-23)26-34(32,33)18-6-2-1-5-17(18)27(30)31/h1-2,5-6,15-16,26H,3-4,7-14H2,(H2,24,28)(H,25,29). The highest BCUT2D eigenvalue weighted by Gasteiger charge is 2.61. The van der Waals surface area contributed by atoms with Crippen molar-refractivity contribution in [3.63, 3.8) is 0 Å². The number of carbonyl (C=O) groups is 2. The van der Waals surface area contributed by atoms with Gasteiger partial charge in [0, 0.05) is 11.6 Å². The summed E-state index contributed by atoms with van der Waals surface area (Å²) >= 11 is 0. The number of benzene rings is 1. The molecule has 11 heteroatoms. The predicted octanol–water partition coefficient (Wildman–Crippen LogP) is 2.13. The molecule has 0 aliphatic heterocycles. The molecule has 5 fully saturated rings. The monoisotopic (exact) mass is 490 g/mol. The number of hydrogen-bond donors (Lipinski definition) is 3. The second kappa shape index (κ2) is 7.74. The molecule has 5 aliphatic carbocycles. The van der Waals surface area contributed by atoms with Gasteiger partial charge in [0.2, 0.25) is 21.8 Å². The van der Waals surface area contributed by atoms with Crippen molar-refractivity contribution in [2.45, 2.75) is 80.2 Å². The van der Waals surface area contributed by atoms with Crippen molar-refractivity contribution in [3.05, 3.63) is 34.4 Å². The molecule has 184 valence electrons. The van der Waals surface area contributed by atoms with Crippen LogP contribution in [0.25, 0.3) is 0 Å². The lowest BCUT2D eigenvalue weighted by molar-refractivity contribution is -0.387. The van der Waals surface area contributed by atoms with Gasteiger partial charge in [0.1, 0.15) is 5.54 Å².